The van der Waals surface area contributed by atoms with Crippen LogP contribution in [0, 0.1) is 0 Å². The summed E-state index contributed by atoms with van der Waals surface area (Å²) in [4.78, 5) is 32.9. The number of benzene rings is 2. The fraction of sp³-hybridized carbons (Fsp3) is 0.200. The molecule has 8 nitrogen and oxygen atoms in total. The molecule has 1 unspecified atom stereocenters. The normalized spacial score (nSPS) is 13.2. The first-order valence-corrected chi connectivity index (χ1v) is 8.68. The molecule has 2 aromatic carbocycles. The van der Waals surface area contributed by atoms with Crippen molar-refractivity contribution in [1.29, 1.82) is 0 Å². The van der Waals surface area contributed by atoms with Gasteiger partial charge in [-0.05, 0) is 42.8 Å². The minimum atomic E-state index is -0.945. The Morgan fingerprint density at radius 1 is 1.07 bits per heavy atom. The molecule has 1 aliphatic rings. The highest BCUT2D eigenvalue weighted by atomic mass is 16.7. The number of carbonyl (C=O) groups is 2. The van der Waals surface area contributed by atoms with Crippen LogP contribution in [0.4, 0.5) is 0 Å². The molecule has 1 aliphatic heterocycles. The topological polar surface area (TPSA) is 99.6 Å². The van der Waals surface area contributed by atoms with E-state index in [1.165, 1.54) is 6.92 Å². The number of fused-ring (bicyclic) bond motifs is 2. The zero-order valence-electron chi connectivity index (χ0n) is 15.0. The highest BCUT2D eigenvalue weighted by molar-refractivity contribution is 5.95. The molecule has 0 saturated heterocycles. The van der Waals surface area contributed by atoms with Crippen LogP contribution >= 0.6 is 0 Å². The van der Waals surface area contributed by atoms with Crippen molar-refractivity contribution in [2.45, 2.75) is 19.6 Å². The van der Waals surface area contributed by atoms with Crippen molar-refractivity contribution in [3.8, 4) is 11.5 Å². The number of hydrogen-bond acceptors (Lipinski definition) is 7. The molecule has 1 N–H and O–H groups in total. The second-order valence-corrected chi connectivity index (χ2v) is 6.21. The minimum Gasteiger partial charge on any atom is -0.454 e. The number of nitrogens with one attached hydrogen (secondary N) is 1. The van der Waals surface area contributed by atoms with Crippen LogP contribution in [-0.4, -0.2) is 34.7 Å². The van der Waals surface area contributed by atoms with E-state index in [-0.39, 0.29) is 13.3 Å². The average Bonchev–Trinajstić information content (AvgIpc) is 3.19. The molecule has 1 amide bonds. The third-order valence-electron chi connectivity index (χ3n) is 4.26. The van der Waals surface area contributed by atoms with Crippen LogP contribution in [0.2, 0.25) is 0 Å². The van der Waals surface area contributed by atoms with Gasteiger partial charge in [0.25, 0.3) is 5.91 Å². The van der Waals surface area contributed by atoms with Crippen molar-refractivity contribution in [2.75, 3.05) is 6.79 Å². The number of rotatable bonds is 5. The summed E-state index contributed by atoms with van der Waals surface area (Å²) in [7, 11) is 0. The van der Waals surface area contributed by atoms with Gasteiger partial charge >= 0.3 is 5.97 Å². The molecule has 2 heterocycles. The van der Waals surface area contributed by atoms with Gasteiger partial charge in [-0.25, -0.2) is 4.79 Å². The number of carbonyl (C=O) groups excluding carboxylic acids is 2. The Balaban J connectivity index is 1.35. The van der Waals surface area contributed by atoms with Crippen molar-refractivity contribution in [3.05, 3.63) is 59.9 Å². The van der Waals surface area contributed by atoms with E-state index in [9.17, 15) is 9.59 Å². The first kappa shape index (κ1) is 17.7. The summed E-state index contributed by atoms with van der Waals surface area (Å²) >= 11 is 0. The first-order valence-electron chi connectivity index (χ1n) is 8.68. The Morgan fingerprint density at radius 3 is 2.71 bits per heavy atom. The predicted octanol–water partition coefficient (Wildman–Crippen LogP) is 2.22. The van der Waals surface area contributed by atoms with Crippen LogP contribution in [-0.2, 0) is 16.1 Å². The van der Waals surface area contributed by atoms with E-state index in [0.717, 1.165) is 5.56 Å². The van der Waals surface area contributed by atoms with Crippen LogP contribution in [0.1, 0.15) is 22.8 Å². The van der Waals surface area contributed by atoms with E-state index in [0.29, 0.717) is 28.1 Å². The molecular weight excluding hydrogens is 362 g/mol. The Morgan fingerprint density at radius 2 is 1.86 bits per heavy atom. The Labute approximate surface area is 160 Å². The minimum absolute atomic E-state index is 0.193. The van der Waals surface area contributed by atoms with E-state index in [1.807, 2.05) is 6.07 Å². The van der Waals surface area contributed by atoms with Gasteiger partial charge in [-0.1, -0.05) is 6.07 Å². The molecule has 1 aromatic heterocycles. The lowest BCUT2D eigenvalue weighted by Crippen LogP contribution is -2.35. The maximum atomic E-state index is 12.3. The quantitative estimate of drug-likeness (QED) is 0.679. The number of esters is 1. The second-order valence-electron chi connectivity index (χ2n) is 6.21. The molecule has 4 rings (SSSR count). The van der Waals surface area contributed by atoms with Crippen molar-refractivity contribution in [3.63, 3.8) is 0 Å². The maximum Gasteiger partial charge on any atom is 0.338 e. The molecule has 0 spiro atoms. The average molecular weight is 379 g/mol. The number of nitrogens with zero attached hydrogens (tertiary/aromatic N) is 2. The van der Waals surface area contributed by atoms with Gasteiger partial charge in [0.15, 0.2) is 17.6 Å². The summed E-state index contributed by atoms with van der Waals surface area (Å²) in [6.07, 6.45) is 2.18. The van der Waals surface area contributed by atoms with Crippen LogP contribution in [0.25, 0.3) is 11.0 Å². The summed E-state index contributed by atoms with van der Waals surface area (Å²) in [5.41, 5.74) is 2.41. The summed E-state index contributed by atoms with van der Waals surface area (Å²) < 4.78 is 15.8. The maximum absolute atomic E-state index is 12.3. The Kier molecular flexibility index (Phi) is 4.76. The molecule has 3 aromatic rings. The number of amides is 1. The second kappa shape index (κ2) is 7.51. The monoisotopic (exact) mass is 379 g/mol. The SMILES string of the molecule is CC(OC(=O)c1ccc2nccnc2c1)C(=O)NCc1ccc2c(c1)OCO2. The highest BCUT2D eigenvalue weighted by Gasteiger charge is 2.20. The van der Waals surface area contributed by atoms with E-state index in [1.54, 1.807) is 42.7 Å². The largest absolute Gasteiger partial charge is 0.454 e. The van der Waals surface area contributed by atoms with E-state index in [2.05, 4.69) is 15.3 Å². The van der Waals surface area contributed by atoms with Crippen molar-refractivity contribution in [1.82, 2.24) is 15.3 Å². The molecule has 0 radical (unpaired) electrons. The van der Waals surface area contributed by atoms with Crippen molar-refractivity contribution >= 4 is 22.9 Å². The fourth-order valence-corrected chi connectivity index (χ4v) is 2.76. The van der Waals surface area contributed by atoms with Crippen molar-refractivity contribution in [2.24, 2.45) is 0 Å². The predicted molar refractivity (Wildman–Crippen MR) is 98.8 cm³/mol. The van der Waals surface area contributed by atoms with Crippen LogP contribution in [0.5, 0.6) is 11.5 Å². The highest BCUT2D eigenvalue weighted by Crippen LogP contribution is 2.32. The molecule has 0 bridgehead atoms. The molecular formula is C20H17N3O5. The Bertz CT molecular complexity index is 1050. The molecule has 28 heavy (non-hydrogen) atoms. The van der Waals surface area contributed by atoms with Gasteiger partial charge in [0.1, 0.15) is 0 Å². The third-order valence-corrected chi connectivity index (χ3v) is 4.26. The van der Waals surface area contributed by atoms with Gasteiger partial charge in [-0.2, -0.15) is 0 Å². The van der Waals surface area contributed by atoms with Crippen LogP contribution in [0.15, 0.2) is 48.8 Å². The standard InChI is InChI=1S/C20H17N3O5/c1-12(19(24)23-10-13-2-5-17-18(8-13)27-11-26-17)28-20(25)14-3-4-15-16(9-14)22-7-6-21-15/h2-9,12H,10-11H2,1H3,(H,23,24). The molecule has 142 valence electrons. The molecule has 0 saturated carbocycles. The molecule has 0 aliphatic carbocycles. The first-order chi connectivity index (χ1) is 13.6. The van der Waals surface area contributed by atoms with Gasteiger partial charge in [-0.3, -0.25) is 14.8 Å². The van der Waals surface area contributed by atoms with Crippen LogP contribution in [0.3, 0.4) is 0 Å². The summed E-state index contributed by atoms with van der Waals surface area (Å²) in [5, 5.41) is 2.74. The van der Waals surface area contributed by atoms with Gasteiger partial charge < -0.3 is 19.5 Å². The lowest BCUT2D eigenvalue weighted by atomic mass is 10.2. The van der Waals surface area contributed by atoms with Gasteiger partial charge in [0.05, 0.1) is 16.6 Å². The van der Waals surface area contributed by atoms with Gasteiger partial charge in [-0.15, -0.1) is 0 Å². The summed E-state index contributed by atoms with van der Waals surface area (Å²) in [6, 6.07) is 10.3. The molecule has 8 heteroatoms. The number of aromatic nitrogens is 2. The van der Waals surface area contributed by atoms with Gasteiger partial charge in [0.2, 0.25) is 6.79 Å². The van der Waals surface area contributed by atoms with E-state index in [4.69, 9.17) is 14.2 Å². The summed E-state index contributed by atoms with van der Waals surface area (Å²) in [5.74, 6) is 0.327. The third kappa shape index (κ3) is 3.71. The number of hydrogen-bond donors (Lipinski definition) is 1. The van der Waals surface area contributed by atoms with Crippen molar-refractivity contribution < 1.29 is 23.8 Å². The van der Waals surface area contributed by atoms with Gasteiger partial charge in [0, 0.05) is 18.9 Å². The molecule has 0 fully saturated rings. The number of ether oxygens (including phenoxy) is 3. The fourth-order valence-electron chi connectivity index (χ4n) is 2.76. The molecule has 1 atom stereocenters. The lowest BCUT2D eigenvalue weighted by Gasteiger charge is -2.14. The lowest BCUT2D eigenvalue weighted by molar-refractivity contribution is -0.129. The summed E-state index contributed by atoms with van der Waals surface area (Å²) in [6.45, 7) is 2.00. The van der Waals surface area contributed by atoms with Crippen LogP contribution < -0.4 is 14.8 Å². The van der Waals surface area contributed by atoms with E-state index >= 15 is 0 Å². The van der Waals surface area contributed by atoms with E-state index < -0.39 is 18.0 Å². The smallest absolute Gasteiger partial charge is 0.338 e. The Hall–Kier alpha value is -3.68. The zero-order chi connectivity index (χ0) is 19.5. The zero-order valence-corrected chi connectivity index (χ0v) is 15.0.